The minimum Gasteiger partial charge on any atom is -0.379 e. The Balaban J connectivity index is 2.67. The Morgan fingerprint density at radius 1 is 1.42 bits per heavy atom. The van der Waals surface area contributed by atoms with Crippen molar-refractivity contribution in [3.63, 3.8) is 0 Å². The number of hydrogen-bond acceptors (Lipinski definition) is 3. The largest absolute Gasteiger partial charge is 0.379 e. The predicted octanol–water partition coefficient (Wildman–Crippen LogP) is 3.75. The van der Waals surface area contributed by atoms with Crippen molar-refractivity contribution in [3.05, 3.63) is 0 Å². The van der Waals surface area contributed by atoms with Crippen molar-refractivity contribution in [1.82, 2.24) is 0 Å². The van der Waals surface area contributed by atoms with Crippen LogP contribution in [0.1, 0.15) is 66.2 Å². The van der Waals surface area contributed by atoms with Crippen molar-refractivity contribution in [2.24, 2.45) is 5.92 Å². The van der Waals surface area contributed by atoms with E-state index in [4.69, 9.17) is 9.47 Å². The van der Waals surface area contributed by atoms with E-state index in [1.54, 1.807) is 7.11 Å². The maximum atomic E-state index is 12.6. The Bertz CT molecular complexity index is 294. The van der Waals surface area contributed by atoms with Crippen LogP contribution in [0.2, 0.25) is 0 Å². The maximum Gasteiger partial charge on any atom is 0.164 e. The minimum absolute atomic E-state index is 0.233. The van der Waals surface area contributed by atoms with Crippen LogP contribution in [-0.2, 0) is 14.3 Å². The Morgan fingerprint density at radius 2 is 2.11 bits per heavy atom. The second kappa shape index (κ2) is 6.85. The molecule has 3 heteroatoms. The van der Waals surface area contributed by atoms with Crippen LogP contribution >= 0.6 is 0 Å². The minimum atomic E-state index is -0.518. The second-order valence-electron chi connectivity index (χ2n) is 6.52. The molecule has 0 spiro atoms. The Kier molecular flexibility index (Phi) is 6.00. The quantitative estimate of drug-likeness (QED) is 0.707. The first-order valence-corrected chi connectivity index (χ1v) is 7.57. The number of ketones is 1. The molecule has 0 amide bonds. The molecule has 0 radical (unpaired) electrons. The average Bonchev–Trinajstić information content (AvgIpc) is 2.36. The van der Waals surface area contributed by atoms with Gasteiger partial charge in [-0.05, 0) is 52.4 Å². The zero-order valence-corrected chi connectivity index (χ0v) is 13.3. The molecule has 1 fully saturated rings. The van der Waals surface area contributed by atoms with Gasteiger partial charge < -0.3 is 9.47 Å². The highest BCUT2D eigenvalue weighted by molar-refractivity contribution is 5.87. The molecule has 2 unspecified atom stereocenters. The van der Waals surface area contributed by atoms with E-state index in [2.05, 4.69) is 6.92 Å². The SMILES string of the molecule is CCOC1(C(=O)CCC(C)(C)OC)CCCC(C)C1. The van der Waals surface area contributed by atoms with Crippen LogP contribution in [0.25, 0.3) is 0 Å². The monoisotopic (exact) mass is 270 g/mol. The lowest BCUT2D eigenvalue weighted by atomic mass is 9.75. The van der Waals surface area contributed by atoms with Gasteiger partial charge in [0, 0.05) is 20.1 Å². The molecule has 0 aromatic heterocycles. The highest BCUT2D eigenvalue weighted by Gasteiger charge is 2.42. The fourth-order valence-electron chi connectivity index (χ4n) is 2.99. The molecule has 0 saturated heterocycles. The molecule has 3 nitrogen and oxygen atoms in total. The van der Waals surface area contributed by atoms with Crippen molar-refractivity contribution < 1.29 is 14.3 Å². The Hall–Kier alpha value is -0.410. The highest BCUT2D eigenvalue weighted by Crippen LogP contribution is 2.37. The number of carbonyl (C=O) groups excluding carboxylic acids is 1. The zero-order chi connectivity index (χ0) is 14.5. The number of methoxy groups -OCH3 is 1. The normalized spacial score (nSPS) is 28.4. The van der Waals surface area contributed by atoms with E-state index in [1.165, 1.54) is 6.42 Å². The summed E-state index contributed by atoms with van der Waals surface area (Å²) in [4.78, 5) is 12.6. The van der Waals surface area contributed by atoms with Gasteiger partial charge >= 0.3 is 0 Å². The molecule has 112 valence electrons. The number of hydrogen-bond donors (Lipinski definition) is 0. The van der Waals surface area contributed by atoms with E-state index in [1.807, 2.05) is 20.8 Å². The van der Waals surface area contributed by atoms with Gasteiger partial charge in [-0.3, -0.25) is 4.79 Å². The molecule has 0 heterocycles. The van der Waals surface area contributed by atoms with E-state index in [0.717, 1.165) is 25.7 Å². The van der Waals surface area contributed by atoms with Crippen LogP contribution in [0.5, 0.6) is 0 Å². The summed E-state index contributed by atoms with van der Waals surface area (Å²) in [6, 6.07) is 0. The fraction of sp³-hybridized carbons (Fsp3) is 0.938. The zero-order valence-electron chi connectivity index (χ0n) is 13.3. The van der Waals surface area contributed by atoms with E-state index in [-0.39, 0.29) is 11.4 Å². The maximum absolute atomic E-state index is 12.6. The molecule has 0 aliphatic heterocycles. The van der Waals surface area contributed by atoms with Crippen molar-refractivity contribution in [2.75, 3.05) is 13.7 Å². The van der Waals surface area contributed by atoms with Gasteiger partial charge in [-0.1, -0.05) is 13.3 Å². The summed E-state index contributed by atoms with van der Waals surface area (Å²) in [5, 5.41) is 0. The van der Waals surface area contributed by atoms with Gasteiger partial charge in [0.05, 0.1) is 5.60 Å². The Morgan fingerprint density at radius 3 is 2.63 bits per heavy atom. The van der Waals surface area contributed by atoms with Crippen molar-refractivity contribution >= 4 is 5.78 Å². The molecular weight excluding hydrogens is 240 g/mol. The number of Topliss-reactive ketones (excluding diaryl/α,β-unsaturated/α-hetero) is 1. The smallest absolute Gasteiger partial charge is 0.164 e. The third-order valence-corrected chi connectivity index (χ3v) is 4.39. The number of carbonyl (C=O) groups is 1. The van der Waals surface area contributed by atoms with Crippen LogP contribution in [0.15, 0.2) is 0 Å². The lowest BCUT2D eigenvalue weighted by Gasteiger charge is -2.39. The van der Waals surface area contributed by atoms with E-state index < -0.39 is 5.60 Å². The van der Waals surface area contributed by atoms with E-state index in [0.29, 0.717) is 18.9 Å². The molecule has 0 aromatic carbocycles. The standard InChI is InChI=1S/C16H30O3/c1-6-19-16(10-7-8-13(2)12-16)14(17)9-11-15(3,4)18-5/h13H,6-12H2,1-5H3. The van der Waals surface area contributed by atoms with E-state index >= 15 is 0 Å². The molecule has 1 aliphatic carbocycles. The van der Waals surface area contributed by atoms with Gasteiger partial charge in [0.15, 0.2) is 5.78 Å². The van der Waals surface area contributed by atoms with Crippen molar-refractivity contribution in [2.45, 2.75) is 77.4 Å². The first kappa shape index (κ1) is 16.6. The lowest BCUT2D eigenvalue weighted by molar-refractivity contribution is -0.152. The van der Waals surface area contributed by atoms with Crippen LogP contribution in [0, 0.1) is 5.92 Å². The van der Waals surface area contributed by atoms with Gasteiger partial charge in [-0.25, -0.2) is 0 Å². The summed E-state index contributed by atoms with van der Waals surface area (Å²) in [7, 11) is 1.70. The third kappa shape index (κ3) is 4.57. The Labute approximate surface area is 118 Å². The first-order valence-electron chi connectivity index (χ1n) is 7.57. The summed E-state index contributed by atoms with van der Waals surface area (Å²) in [6.07, 6.45) is 5.38. The predicted molar refractivity (Wildman–Crippen MR) is 77.3 cm³/mol. The van der Waals surface area contributed by atoms with Gasteiger partial charge in [-0.15, -0.1) is 0 Å². The topological polar surface area (TPSA) is 35.5 Å². The van der Waals surface area contributed by atoms with Crippen LogP contribution in [0.3, 0.4) is 0 Å². The second-order valence-corrected chi connectivity index (χ2v) is 6.52. The van der Waals surface area contributed by atoms with Crippen LogP contribution in [0.4, 0.5) is 0 Å². The fourth-order valence-corrected chi connectivity index (χ4v) is 2.99. The average molecular weight is 270 g/mol. The molecule has 0 bridgehead atoms. The van der Waals surface area contributed by atoms with E-state index in [9.17, 15) is 4.79 Å². The lowest BCUT2D eigenvalue weighted by Crippen LogP contribution is -2.46. The first-order chi connectivity index (χ1) is 8.85. The summed E-state index contributed by atoms with van der Waals surface area (Å²) in [5.74, 6) is 0.853. The molecule has 1 saturated carbocycles. The van der Waals surface area contributed by atoms with Crippen LogP contribution < -0.4 is 0 Å². The molecular formula is C16H30O3. The van der Waals surface area contributed by atoms with Crippen LogP contribution in [-0.4, -0.2) is 30.7 Å². The molecule has 0 N–H and O–H groups in total. The highest BCUT2D eigenvalue weighted by atomic mass is 16.5. The summed E-state index contributed by atoms with van der Waals surface area (Å²) in [6.45, 7) is 8.87. The number of rotatable bonds is 7. The third-order valence-electron chi connectivity index (χ3n) is 4.39. The molecule has 2 atom stereocenters. The molecule has 1 aliphatic rings. The van der Waals surface area contributed by atoms with Gasteiger partial charge in [0.2, 0.25) is 0 Å². The van der Waals surface area contributed by atoms with Gasteiger partial charge in [-0.2, -0.15) is 0 Å². The molecule has 0 aromatic rings. The van der Waals surface area contributed by atoms with Crippen molar-refractivity contribution in [1.29, 1.82) is 0 Å². The molecule has 1 rings (SSSR count). The number of ether oxygens (including phenoxy) is 2. The summed E-state index contributed by atoms with van der Waals surface area (Å²) in [5.41, 5.74) is -0.750. The van der Waals surface area contributed by atoms with Gasteiger partial charge in [0.1, 0.15) is 5.60 Å². The van der Waals surface area contributed by atoms with Gasteiger partial charge in [0.25, 0.3) is 0 Å². The molecule has 19 heavy (non-hydrogen) atoms. The van der Waals surface area contributed by atoms with Crippen molar-refractivity contribution in [3.8, 4) is 0 Å². The summed E-state index contributed by atoms with van der Waals surface area (Å²) < 4.78 is 11.3. The summed E-state index contributed by atoms with van der Waals surface area (Å²) >= 11 is 0.